The Hall–Kier alpha value is -0.0300. The van der Waals surface area contributed by atoms with Crippen LogP contribution in [0.4, 0.5) is 0 Å². The molecule has 0 bridgehead atoms. The summed E-state index contributed by atoms with van der Waals surface area (Å²) in [6.45, 7) is 5.48. The summed E-state index contributed by atoms with van der Waals surface area (Å²) in [5.41, 5.74) is 10.0. The van der Waals surface area contributed by atoms with Gasteiger partial charge in [0.15, 0.2) is 0 Å². The van der Waals surface area contributed by atoms with Gasteiger partial charge in [-0.05, 0) is 20.8 Å². The Morgan fingerprint density at radius 3 is 2.00 bits per heavy atom. The van der Waals surface area contributed by atoms with Crippen molar-refractivity contribution < 1.29 is 9.53 Å². The lowest BCUT2D eigenvalue weighted by Gasteiger charge is -2.21. The van der Waals surface area contributed by atoms with Crippen molar-refractivity contribution in [3.63, 3.8) is 0 Å². The van der Waals surface area contributed by atoms with Gasteiger partial charge in [0.25, 0.3) is 0 Å². The van der Waals surface area contributed by atoms with E-state index >= 15 is 0 Å². The number of esters is 1. The van der Waals surface area contributed by atoms with Crippen molar-refractivity contribution in [3.8, 4) is 0 Å². The van der Waals surface area contributed by atoms with E-state index in [1.807, 2.05) is 0 Å². The molecule has 0 saturated heterocycles. The molecule has 6 heteroatoms. The Morgan fingerprint density at radius 2 is 1.77 bits per heavy atom. The Morgan fingerprint density at radius 1 is 1.38 bits per heavy atom. The summed E-state index contributed by atoms with van der Waals surface area (Å²) < 4.78 is 4.95. The van der Waals surface area contributed by atoms with Gasteiger partial charge in [0.05, 0.1) is 0 Å². The lowest BCUT2D eigenvalue weighted by atomic mass is 10.2. The van der Waals surface area contributed by atoms with Gasteiger partial charge < -0.3 is 16.2 Å². The van der Waals surface area contributed by atoms with Gasteiger partial charge in [-0.25, -0.2) is 0 Å². The SMILES string of the molecule is CC(C)(C)OC(=O)[C@@H](N)CN.Cl.Cl. The van der Waals surface area contributed by atoms with E-state index in [0.29, 0.717) is 0 Å². The zero-order chi connectivity index (χ0) is 9.07. The largest absolute Gasteiger partial charge is 0.459 e. The van der Waals surface area contributed by atoms with Gasteiger partial charge in [-0.2, -0.15) is 0 Å². The van der Waals surface area contributed by atoms with E-state index in [1.54, 1.807) is 20.8 Å². The van der Waals surface area contributed by atoms with Gasteiger partial charge >= 0.3 is 5.97 Å². The van der Waals surface area contributed by atoms with Crippen LogP contribution in [-0.4, -0.2) is 24.2 Å². The fourth-order valence-corrected chi connectivity index (χ4v) is 0.474. The maximum absolute atomic E-state index is 11.0. The standard InChI is InChI=1S/C7H16N2O2.2ClH/c1-7(2,3)11-6(10)5(9)4-8;;/h5H,4,8-9H2,1-3H3;2*1H/t5-;;/m0../s1. The molecule has 0 heterocycles. The first-order valence-corrected chi connectivity index (χ1v) is 3.55. The summed E-state index contributed by atoms with van der Waals surface area (Å²) in [5.74, 6) is -0.444. The Bertz CT molecular complexity index is 148. The van der Waals surface area contributed by atoms with Crippen LogP contribution in [0.25, 0.3) is 0 Å². The summed E-state index contributed by atoms with van der Waals surface area (Å²) >= 11 is 0. The monoisotopic (exact) mass is 232 g/mol. The van der Waals surface area contributed by atoms with E-state index in [0.717, 1.165) is 0 Å². The number of carbonyl (C=O) groups is 1. The number of ether oxygens (including phenoxy) is 1. The molecule has 82 valence electrons. The average molecular weight is 233 g/mol. The first-order chi connectivity index (χ1) is 4.87. The smallest absolute Gasteiger partial charge is 0.324 e. The molecule has 4 N–H and O–H groups in total. The molecule has 0 aliphatic carbocycles. The van der Waals surface area contributed by atoms with Gasteiger partial charge in [-0.1, -0.05) is 0 Å². The zero-order valence-corrected chi connectivity index (χ0v) is 9.71. The first kappa shape index (κ1) is 18.7. The van der Waals surface area contributed by atoms with Crippen molar-refractivity contribution in [2.24, 2.45) is 11.5 Å². The fraction of sp³-hybridized carbons (Fsp3) is 0.857. The van der Waals surface area contributed by atoms with Crippen LogP contribution in [0.3, 0.4) is 0 Å². The molecule has 13 heavy (non-hydrogen) atoms. The van der Waals surface area contributed by atoms with Crippen molar-refractivity contribution >= 4 is 30.8 Å². The molecule has 0 aliphatic heterocycles. The van der Waals surface area contributed by atoms with E-state index in [1.165, 1.54) is 0 Å². The van der Waals surface area contributed by atoms with Crippen molar-refractivity contribution in [1.82, 2.24) is 0 Å². The van der Waals surface area contributed by atoms with Crippen molar-refractivity contribution in [2.75, 3.05) is 6.54 Å². The summed E-state index contributed by atoms with van der Waals surface area (Å²) in [6, 6.07) is -0.700. The van der Waals surface area contributed by atoms with Crippen LogP contribution in [0, 0.1) is 0 Å². The number of hydrogen-bond acceptors (Lipinski definition) is 4. The van der Waals surface area contributed by atoms with Gasteiger partial charge in [0.2, 0.25) is 0 Å². The summed E-state index contributed by atoms with van der Waals surface area (Å²) in [4.78, 5) is 11.0. The van der Waals surface area contributed by atoms with Gasteiger partial charge in [0.1, 0.15) is 11.6 Å². The maximum Gasteiger partial charge on any atom is 0.324 e. The van der Waals surface area contributed by atoms with Crippen LogP contribution in [0.15, 0.2) is 0 Å². The molecular weight excluding hydrogens is 215 g/mol. The van der Waals surface area contributed by atoms with Crippen LogP contribution in [0.1, 0.15) is 20.8 Å². The normalized spacial score (nSPS) is 12.1. The summed E-state index contributed by atoms with van der Waals surface area (Å²) in [6.07, 6.45) is 0. The summed E-state index contributed by atoms with van der Waals surface area (Å²) in [7, 11) is 0. The van der Waals surface area contributed by atoms with Crippen LogP contribution in [-0.2, 0) is 9.53 Å². The molecule has 4 nitrogen and oxygen atoms in total. The molecule has 0 fully saturated rings. The quantitative estimate of drug-likeness (QED) is 0.679. The Labute approximate surface area is 91.2 Å². The van der Waals surface area contributed by atoms with E-state index in [2.05, 4.69) is 0 Å². The number of rotatable bonds is 2. The second-order valence-corrected chi connectivity index (χ2v) is 3.38. The molecule has 0 unspecified atom stereocenters. The molecule has 0 aliphatic rings. The fourth-order valence-electron chi connectivity index (χ4n) is 0.474. The second kappa shape index (κ2) is 7.38. The third kappa shape index (κ3) is 9.89. The highest BCUT2D eigenvalue weighted by Gasteiger charge is 2.20. The van der Waals surface area contributed by atoms with E-state index < -0.39 is 17.6 Å². The molecule has 1 atom stereocenters. The first-order valence-electron chi connectivity index (χ1n) is 3.55. The van der Waals surface area contributed by atoms with Crippen molar-refractivity contribution in [2.45, 2.75) is 32.4 Å². The molecule has 0 radical (unpaired) electrons. The molecule has 0 rings (SSSR count). The highest BCUT2D eigenvalue weighted by atomic mass is 35.5. The Kier molecular flexibility index (Phi) is 10.6. The van der Waals surface area contributed by atoms with Crippen molar-refractivity contribution in [3.05, 3.63) is 0 Å². The van der Waals surface area contributed by atoms with E-state index in [-0.39, 0.29) is 31.4 Å². The Balaban J connectivity index is -0.000000500. The number of carbonyl (C=O) groups excluding carboxylic acids is 1. The molecule has 0 saturated carbocycles. The third-order valence-corrected chi connectivity index (χ3v) is 0.963. The lowest BCUT2D eigenvalue weighted by Crippen LogP contribution is -2.42. The van der Waals surface area contributed by atoms with Crippen LogP contribution >= 0.6 is 24.8 Å². The number of nitrogens with two attached hydrogens (primary N) is 2. The van der Waals surface area contributed by atoms with E-state index in [4.69, 9.17) is 16.2 Å². The molecule has 0 aromatic rings. The predicted molar refractivity (Wildman–Crippen MR) is 57.4 cm³/mol. The third-order valence-electron chi connectivity index (χ3n) is 0.963. The molecule has 0 aromatic carbocycles. The highest BCUT2D eigenvalue weighted by Crippen LogP contribution is 2.07. The topological polar surface area (TPSA) is 78.3 Å². The lowest BCUT2D eigenvalue weighted by molar-refractivity contribution is -0.156. The van der Waals surface area contributed by atoms with E-state index in [9.17, 15) is 4.79 Å². The second-order valence-electron chi connectivity index (χ2n) is 3.38. The minimum Gasteiger partial charge on any atom is -0.459 e. The van der Waals surface area contributed by atoms with Crippen molar-refractivity contribution in [1.29, 1.82) is 0 Å². The highest BCUT2D eigenvalue weighted by molar-refractivity contribution is 5.85. The minimum absolute atomic E-state index is 0. The molecular formula is C7H18Cl2N2O2. The molecule has 0 amide bonds. The van der Waals surface area contributed by atoms with Crippen LogP contribution in [0.5, 0.6) is 0 Å². The average Bonchev–Trinajstić information content (AvgIpc) is 1.82. The zero-order valence-electron chi connectivity index (χ0n) is 8.07. The van der Waals surface area contributed by atoms with Gasteiger partial charge in [-0.3, -0.25) is 4.79 Å². The van der Waals surface area contributed by atoms with Gasteiger partial charge in [0, 0.05) is 6.54 Å². The minimum atomic E-state index is -0.700. The number of halogens is 2. The maximum atomic E-state index is 11.0. The van der Waals surface area contributed by atoms with Crippen LogP contribution < -0.4 is 11.5 Å². The summed E-state index contributed by atoms with van der Waals surface area (Å²) in [5, 5.41) is 0. The van der Waals surface area contributed by atoms with Crippen LogP contribution in [0.2, 0.25) is 0 Å². The van der Waals surface area contributed by atoms with Gasteiger partial charge in [-0.15, -0.1) is 24.8 Å². The molecule has 0 spiro atoms. The molecule has 0 aromatic heterocycles. The number of hydrogen-bond donors (Lipinski definition) is 2. The predicted octanol–water partition coefficient (Wildman–Crippen LogP) is 0.458.